The van der Waals surface area contributed by atoms with Gasteiger partial charge in [-0.1, -0.05) is 6.07 Å². The lowest BCUT2D eigenvalue weighted by Gasteiger charge is -2.22. The number of imidazole rings is 1. The van der Waals surface area contributed by atoms with Crippen molar-refractivity contribution in [2.24, 2.45) is 0 Å². The first-order valence-corrected chi connectivity index (χ1v) is 7.77. The minimum absolute atomic E-state index is 0.350. The summed E-state index contributed by atoms with van der Waals surface area (Å²) in [6.07, 6.45) is 5.75. The maximum Gasteiger partial charge on any atom is 0.227 e. The molecule has 0 fully saturated rings. The fourth-order valence-corrected chi connectivity index (χ4v) is 2.36. The van der Waals surface area contributed by atoms with Crippen molar-refractivity contribution in [1.29, 1.82) is 0 Å². The third-order valence-corrected chi connectivity index (χ3v) is 3.89. The van der Waals surface area contributed by atoms with Gasteiger partial charge in [0.05, 0.1) is 0 Å². The maximum absolute atomic E-state index is 4.61. The molecular formula is C17H22N6. The van der Waals surface area contributed by atoms with Crippen LogP contribution in [0.5, 0.6) is 0 Å². The Morgan fingerprint density at radius 1 is 1.26 bits per heavy atom. The van der Waals surface area contributed by atoms with E-state index in [1.807, 2.05) is 49.1 Å². The summed E-state index contributed by atoms with van der Waals surface area (Å²) in [5, 5.41) is 3.39. The van der Waals surface area contributed by atoms with Crippen molar-refractivity contribution in [2.45, 2.75) is 33.4 Å². The zero-order valence-corrected chi connectivity index (χ0v) is 14.0. The molecule has 0 aliphatic carbocycles. The molecule has 1 N–H and O–H groups in total. The number of hydrogen-bond donors (Lipinski definition) is 1. The first-order valence-electron chi connectivity index (χ1n) is 7.77. The molecule has 3 rings (SSSR count). The lowest BCUT2D eigenvalue weighted by atomic mass is 10.2. The molecule has 0 amide bonds. The molecule has 0 aliphatic heterocycles. The van der Waals surface area contributed by atoms with Crippen molar-refractivity contribution < 1.29 is 0 Å². The molecular weight excluding hydrogens is 288 g/mol. The van der Waals surface area contributed by atoms with Gasteiger partial charge in [0.1, 0.15) is 11.5 Å². The van der Waals surface area contributed by atoms with Crippen LogP contribution >= 0.6 is 0 Å². The van der Waals surface area contributed by atoms with Gasteiger partial charge in [-0.2, -0.15) is 4.98 Å². The normalized spacial score (nSPS) is 11.2. The van der Waals surface area contributed by atoms with E-state index in [-0.39, 0.29) is 0 Å². The molecule has 0 aliphatic rings. The Balaban J connectivity index is 1.82. The smallest absolute Gasteiger partial charge is 0.227 e. The van der Waals surface area contributed by atoms with E-state index < -0.39 is 0 Å². The molecule has 6 nitrogen and oxygen atoms in total. The predicted molar refractivity (Wildman–Crippen MR) is 92.8 cm³/mol. The molecule has 0 atom stereocenters. The average molecular weight is 310 g/mol. The van der Waals surface area contributed by atoms with Crippen LogP contribution in [-0.2, 0) is 6.54 Å². The number of aryl methyl sites for hydroxylation is 1. The van der Waals surface area contributed by atoms with Crippen molar-refractivity contribution in [2.75, 3.05) is 17.3 Å². The van der Waals surface area contributed by atoms with E-state index in [9.17, 15) is 0 Å². The zero-order chi connectivity index (χ0) is 16.4. The second kappa shape index (κ2) is 6.24. The Hall–Kier alpha value is -2.63. The second-order valence-corrected chi connectivity index (χ2v) is 5.94. The number of nitrogens with zero attached hydrogens (tertiary/aromatic N) is 5. The maximum atomic E-state index is 4.61. The van der Waals surface area contributed by atoms with E-state index in [4.69, 9.17) is 0 Å². The third kappa shape index (κ3) is 3.26. The van der Waals surface area contributed by atoms with Crippen molar-refractivity contribution in [3.8, 4) is 0 Å². The van der Waals surface area contributed by atoms with E-state index in [2.05, 4.69) is 45.1 Å². The predicted octanol–water partition coefficient (Wildman–Crippen LogP) is 2.89. The fraction of sp³-hybridized carbons (Fsp3) is 0.353. The highest BCUT2D eigenvalue weighted by molar-refractivity contribution is 5.50. The summed E-state index contributed by atoms with van der Waals surface area (Å²) in [6, 6.07) is 6.41. The highest BCUT2D eigenvalue weighted by Crippen LogP contribution is 2.16. The molecule has 3 aromatic heterocycles. The molecule has 0 saturated carbocycles. The number of pyridine rings is 1. The first-order chi connectivity index (χ1) is 11.0. The molecule has 0 spiro atoms. The summed E-state index contributed by atoms with van der Waals surface area (Å²) in [5.41, 5.74) is 3.04. The topological polar surface area (TPSA) is 58.4 Å². The largest absolute Gasteiger partial charge is 0.366 e. The minimum Gasteiger partial charge on any atom is -0.366 e. The van der Waals surface area contributed by atoms with Crippen LogP contribution in [0.25, 0.3) is 5.65 Å². The van der Waals surface area contributed by atoms with Crippen LogP contribution in [0.2, 0.25) is 0 Å². The number of nitrogens with one attached hydrogen (secondary N) is 1. The van der Waals surface area contributed by atoms with Gasteiger partial charge in [0.15, 0.2) is 0 Å². The van der Waals surface area contributed by atoms with E-state index in [0.29, 0.717) is 12.6 Å². The molecule has 6 heteroatoms. The number of anilines is 2. The molecule has 0 aromatic carbocycles. The van der Waals surface area contributed by atoms with Gasteiger partial charge in [-0.25, -0.2) is 9.97 Å². The number of rotatable bonds is 5. The zero-order valence-electron chi connectivity index (χ0n) is 14.0. The van der Waals surface area contributed by atoms with Crippen molar-refractivity contribution in [1.82, 2.24) is 19.4 Å². The van der Waals surface area contributed by atoms with Gasteiger partial charge < -0.3 is 14.6 Å². The van der Waals surface area contributed by atoms with Crippen LogP contribution in [0.1, 0.15) is 25.1 Å². The highest BCUT2D eigenvalue weighted by Gasteiger charge is 2.10. The highest BCUT2D eigenvalue weighted by atomic mass is 15.3. The van der Waals surface area contributed by atoms with E-state index in [1.165, 1.54) is 0 Å². The minimum atomic E-state index is 0.350. The van der Waals surface area contributed by atoms with Crippen LogP contribution in [0.3, 0.4) is 0 Å². The summed E-state index contributed by atoms with van der Waals surface area (Å²) in [5.74, 6) is 1.56. The van der Waals surface area contributed by atoms with E-state index in [0.717, 1.165) is 28.7 Å². The Bertz CT molecular complexity index is 808. The monoisotopic (exact) mass is 310 g/mol. The second-order valence-electron chi connectivity index (χ2n) is 5.94. The molecule has 0 unspecified atom stereocenters. The van der Waals surface area contributed by atoms with Crippen LogP contribution in [-0.4, -0.2) is 32.4 Å². The average Bonchev–Trinajstić information content (AvgIpc) is 3.00. The summed E-state index contributed by atoms with van der Waals surface area (Å²) < 4.78 is 2.01. The van der Waals surface area contributed by atoms with Crippen LogP contribution in [0.4, 0.5) is 11.8 Å². The molecule has 3 aromatic rings. The van der Waals surface area contributed by atoms with Gasteiger partial charge in [0.25, 0.3) is 0 Å². The molecule has 23 heavy (non-hydrogen) atoms. The molecule has 0 saturated heterocycles. The van der Waals surface area contributed by atoms with Crippen LogP contribution in [0.15, 0.2) is 36.8 Å². The van der Waals surface area contributed by atoms with Gasteiger partial charge >= 0.3 is 0 Å². The molecule has 120 valence electrons. The standard InChI is InChI=1S/C17H22N6/c1-12(2)22(4)17-20-13(3)10-15(21-17)19-11-14-6-5-8-23-9-7-18-16(14)23/h5-10,12H,11H2,1-4H3,(H,19,20,21). The number of aromatic nitrogens is 4. The van der Waals surface area contributed by atoms with Crippen molar-refractivity contribution >= 4 is 17.4 Å². The van der Waals surface area contributed by atoms with Gasteiger partial charge in [0.2, 0.25) is 5.95 Å². The van der Waals surface area contributed by atoms with E-state index >= 15 is 0 Å². The summed E-state index contributed by atoms with van der Waals surface area (Å²) in [7, 11) is 2.01. The SMILES string of the molecule is Cc1cc(NCc2cccn3ccnc23)nc(N(C)C(C)C)n1. The Morgan fingerprint density at radius 2 is 2.09 bits per heavy atom. The lowest BCUT2D eigenvalue weighted by Crippen LogP contribution is -2.28. The Kier molecular flexibility index (Phi) is 4.14. The van der Waals surface area contributed by atoms with Crippen LogP contribution < -0.4 is 10.2 Å². The lowest BCUT2D eigenvalue weighted by molar-refractivity contribution is 0.727. The van der Waals surface area contributed by atoms with Crippen molar-refractivity contribution in [3.63, 3.8) is 0 Å². The third-order valence-electron chi connectivity index (χ3n) is 3.89. The molecule has 0 bridgehead atoms. The molecule has 3 heterocycles. The Morgan fingerprint density at radius 3 is 2.87 bits per heavy atom. The summed E-state index contributed by atoms with van der Waals surface area (Å²) in [6.45, 7) is 6.90. The fourth-order valence-electron chi connectivity index (χ4n) is 2.36. The summed E-state index contributed by atoms with van der Waals surface area (Å²) in [4.78, 5) is 15.6. The first kappa shape index (κ1) is 15.3. The van der Waals surface area contributed by atoms with Gasteiger partial charge in [0, 0.05) is 55.5 Å². The van der Waals surface area contributed by atoms with Gasteiger partial charge in [-0.05, 0) is 26.8 Å². The number of fused-ring (bicyclic) bond motifs is 1. The van der Waals surface area contributed by atoms with Crippen molar-refractivity contribution in [3.05, 3.63) is 48.0 Å². The van der Waals surface area contributed by atoms with Gasteiger partial charge in [-0.15, -0.1) is 0 Å². The van der Waals surface area contributed by atoms with Gasteiger partial charge in [-0.3, -0.25) is 0 Å². The number of hydrogen-bond acceptors (Lipinski definition) is 5. The quantitative estimate of drug-likeness (QED) is 0.785. The molecule has 0 radical (unpaired) electrons. The summed E-state index contributed by atoms with van der Waals surface area (Å²) >= 11 is 0. The Labute approximate surface area is 136 Å². The van der Waals surface area contributed by atoms with Crippen LogP contribution in [0, 0.1) is 6.92 Å². The van der Waals surface area contributed by atoms with E-state index in [1.54, 1.807) is 0 Å².